The fourth-order valence-corrected chi connectivity index (χ4v) is 3.39. The van der Waals surface area contributed by atoms with E-state index in [1.807, 2.05) is 0 Å². The van der Waals surface area contributed by atoms with Gasteiger partial charge in [-0.25, -0.2) is 15.0 Å². The summed E-state index contributed by atoms with van der Waals surface area (Å²) in [5.41, 5.74) is 0.846. The first-order valence-corrected chi connectivity index (χ1v) is 8.39. The summed E-state index contributed by atoms with van der Waals surface area (Å²) >= 11 is 8.29. The molecular weight excluding hydrogens is 403 g/mol. The van der Waals surface area contributed by atoms with E-state index in [1.165, 1.54) is 0 Å². The molecule has 1 aliphatic rings. The molecule has 1 fully saturated rings. The van der Waals surface area contributed by atoms with Crippen LogP contribution in [0.3, 0.4) is 0 Å². The van der Waals surface area contributed by atoms with Crippen LogP contribution < -0.4 is 5.32 Å². The van der Waals surface area contributed by atoms with Crippen molar-refractivity contribution < 1.29 is 4.74 Å². The van der Waals surface area contributed by atoms with E-state index in [-0.39, 0.29) is 0 Å². The molecule has 0 atom stereocenters. The van der Waals surface area contributed by atoms with Crippen molar-refractivity contribution in [3.05, 3.63) is 21.1 Å². The molecule has 2 aromatic heterocycles. The van der Waals surface area contributed by atoms with Crippen molar-refractivity contribution >= 4 is 51.0 Å². The zero-order valence-electron chi connectivity index (χ0n) is 11.6. The Hall–Kier alpha value is -0.730. The molecular formula is C14H16ClIN4O. The van der Waals surface area contributed by atoms with E-state index in [9.17, 15) is 0 Å². The van der Waals surface area contributed by atoms with Gasteiger partial charge in [-0.2, -0.15) is 0 Å². The predicted molar refractivity (Wildman–Crippen MR) is 91.7 cm³/mol. The molecule has 0 aromatic carbocycles. The van der Waals surface area contributed by atoms with Gasteiger partial charge in [0.05, 0.1) is 20.6 Å². The van der Waals surface area contributed by atoms with Crippen LogP contribution in [0.5, 0.6) is 0 Å². The average Bonchev–Trinajstić information content (AvgIpc) is 2.52. The molecule has 2 heterocycles. The molecule has 1 saturated carbocycles. The van der Waals surface area contributed by atoms with E-state index < -0.39 is 0 Å². The lowest BCUT2D eigenvalue weighted by Crippen LogP contribution is -2.29. The lowest BCUT2D eigenvalue weighted by molar-refractivity contribution is 0.0681. The van der Waals surface area contributed by atoms with Crippen molar-refractivity contribution in [3.63, 3.8) is 0 Å². The Morgan fingerprint density at radius 2 is 2.00 bits per heavy atom. The third-order valence-corrected chi connectivity index (χ3v) is 4.96. The van der Waals surface area contributed by atoms with Crippen LogP contribution >= 0.6 is 34.2 Å². The van der Waals surface area contributed by atoms with E-state index >= 15 is 0 Å². The van der Waals surface area contributed by atoms with Crippen molar-refractivity contribution in [2.24, 2.45) is 0 Å². The molecule has 0 aliphatic heterocycles. The smallest absolute Gasteiger partial charge is 0.223 e. The highest BCUT2D eigenvalue weighted by Crippen LogP contribution is 2.26. The molecule has 1 N–H and O–H groups in total. The molecule has 21 heavy (non-hydrogen) atoms. The van der Waals surface area contributed by atoms with Crippen molar-refractivity contribution in [2.75, 3.05) is 12.4 Å². The van der Waals surface area contributed by atoms with Crippen molar-refractivity contribution in [1.29, 1.82) is 0 Å². The summed E-state index contributed by atoms with van der Waals surface area (Å²) in [4.78, 5) is 13.1. The normalized spacial score (nSPS) is 22.4. The van der Waals surface area contributed by atoms with Crippen LogP contribution in [0.4, 0.5) is 5.95 Å². The lowest BCUT2D eigenvalue weighted by Gasteiger charge is -2.28. The second kappa shape index (κ2) is 6.58. The van der Waals surface area contributed by atoms with Crippen LogP contribution in [-0.4, -0.2) is 34.2 Å². The highest BCUT2D eigenvalue weighted by molar-refractivity contribution is 14.1. The Morgan fingerprint density at radius 1 is 1.24 bits per heavy atom. The number of halogens is 2. The molecule has 0 radical (unpaired) electrons. The van der Waals surface area contributed by atoms with Gasteiger partial charge in [-0.15, -0.1) is 0 Å². The second-order valence-corrected chi connectivity index (χ2v) is 6.73. The number of nitrogens with zero attached hydrogens (tertiary/aromatic N) is 3. The van der Waals surface area contributed by atoms with Crippen LogP contribution in [0.25, 0.3) is 10.9 Å². The van der Waals surface area contributed by atoms with Crippen LogP contribution in [0.2, 0.25) is 5.15 Å². The van der Waals surface area contributed by atoms with Gasteiger partial charge >= 0.3 is 0 Å². The van der Waals surface area contributed by atoms with E-state index in [0.717, 1.165) is 40.2 Å². The van der Waals surface area contributed by atoms with Crippen molar-refractivity contribution in [2.45, 2.75) is 37.8 Å². The first kappa shape index (κ1) is 15.2. The van der Waals surface area contributed by atoms with Crippen LogP contribution in [0.1, 0.15) is 25.7 Å². The van der Waals surface area contributed by atoms with Gasteiger partial charge in [-0.05, 0) is 48.3 Å². The average molecular weight is 419 g/mol. The fraction of sp³-hybridized carbons (Fsp3) is 0.500. The van der Waals surface area contributed by atoms with Gasteiger partial charge in [-0.3, -0.25) is 0 Å². The summed E-state index contributed by atoms with van der Waals surface area (Å²) in [7, 11) is 1.78. The van der Waals surface area contributed by atoms with Gasteiger partial charge in [0.25, 0.3) is 0 Å². The number of rotatable bonds is 3. The Balaban J connectivity index is 1.78. The largest absolute Gasteiger partial charge is 0.381 e. The van der Waals surface area contributed by atoms with E-state index in [4.69, 9.17) is 16.3 Å². The zero-order valence-corrected chi connectivity index (χ0v) is 14.6. The summed E-state index contributed by atoms with van der Waals surface area (Å²) in [6.07, 6.45) is 8.17. The summed E-state index contributed by atoms with van der Waals surface area (Å²) in [5.74, 6) is 0.656. The quantitative estimate of drug-likeness (QED) is 0.609. The van der Waals surface area contributed by atoms with Crippen LogP contribution in [-0.2, 0) is 4.74 Å². The number of fused-ring (bicyclic) bond motifs is 1. The summed E-state index contributed by atoms with van der Waals surface area (Å²) in [6.45, 7) is 0. The molecule has 112 valence electrons. The first-order valence-electron chi connectivity index (χ1n) is 6.93. The van der Waals surface area contributed by atoms with E-state index in [1.54, 1.807) is 19.5 Å². The van der Waals surface area contributed by atoms with Gasteiger partial charge < -0.3 is 10.1 Å². The molecule has 7 heteroatoms. The molecule has 2 aromatic rings. The molecule has 0 saturated heterocycles. The zero-order chi connectivity index (χ0) is 14.8. The third-order valence-electron chi connectivity index (χ3n) is 3.87. The van der Waals surface area contributed by atoms with Crippen molar-refractivity contribution in [3.8, 4) is 0 Å². The van der Waals surface area contributed by atoms with Gasteiger partial charge in [0.1, 0.15) is 5.15 Å². The second-order valence-electron chi connectivity index (χ2n) is 5.21. The van der Waals surface area contributed by atoms with E-state index in [0.29, 0.717) is 23.2 Å². The SMILES string of the molecule is CO[C@H]1CC[C@@H](Nc2ncc3c(Cl)ncc(I)c3n2)CC1. The maximum absolute atomic E-state index is 6.08. The number of hydrogen-bond acceptors (Lipinski definition) is 5. The predicted octanol–water partition coefficient (Wildman–Crippen LogP) is 3.65. The van der Waals surface area contributed by atoms with Gasteiger partial charge in [-0.1, -0.05) is 11.6 Å². The Labute approximate surface area is 142 Å². The topological polar surface area (TPSA) is 59.9 Å². The van der Waals surface area contributed by atoms with Gasteiger partial charge in [0.15, 0.2) is 0 Å². The molecule has 0 amide bonds. The third kappa shape index (κ3) is 3.37. The minimum Gasteiger partial charge on any atom is -0.381 e. The van der Waals surface area contributed by atoms with Crippen molar-refractivity contribution in [1.82, 2.24) is 15.0 Å². The Bertz CT molecular complexity index is 646. The number of nitrogens with one attached hydrogen (secondary N) is 1. The summed E-state index contributed by atoms with van der Waals surface area (Å²) in [5, 5.41) is 4.65. The lowest BCUT2D eigenvalue weighted by atomic mass is 9.93. The Kier molecular flexibility index (Phi) is 4.75. The minimum absolute atomic E-state index is 0.395. The van der Waals surface area contributed by atoms with Crippen LogP contribution in [0.15, 0.2) is 12.4 Å². The van der Waals surface area contributed by atoms with Gasteiger partial charge in [0.2, 0.25) is 5.95 Å². The minimum atomic E-state index is 0.395. The Morgan fingerprint density at radius 3 is 2.71 bits per heavy atom. The number of anilines is 1. The van der Waals surface area contributed by atoms with Gasteiger partial charge in [0, 0.05) is 25.5 Å². The molecule has 0 unspecified atom stereocenters. The summed E-state index contributed by atoms with van der Waals surface area (Å²) < 4.78 is 6.37. The highest BCUT2D eigenvalue weighted by Gasteiger charge is 2.21. The molecule has 0 bridgehead atoms. The summed E-state index contributed by atoms with van der Waals surface area (Å²) in [6, 6.07) is 0.406. The standard InChI is InChI=1S/C14H16ClIN4O/c1-21-9-4-2-8(3-5-9)19-14-18-6-10-12(20-14)11(16)7-17-13(10)15/h6-9H,2-5H2,1H3,(H,18,19,20)/t8-,9+. The highest BCUT2D eigenvalue weighted by atomic mass is 127. The fourth-order valence-electron chi connectivity index (χ4n) is 2.65. The monoisotopic (exact) mass is 418 g/mol. The molecule has 0 spiro atoms. The maximum atomic E-state index is 6.08. The number of methoxy groups -OCH3 is 1. The number of hydrogen-bond donors (Lipinski definition) is 1. The molecule has 5 nitrogen and oxygen atoms in total. The first-order chi connectivity index (χ1) is 10.2. The molecule has 1 aliphatic carbocycles. The van der Waals surface area contributed by atoms with Crippen LogP contribution in [0, 0.1) is 3.57 Å². The number of aromatic nitrogens is 3. The maximum Gasteiger partial charge on any atom is 0.223 e. The number of ether oxygens (including phenoxy) is 1. The van der Waals surface area contributed by atoms with E-state index in [2.05, 4.69) is 42.9 Å². The number of pyridine rings is 1. The molecule has 3 rings (SSSR count).